The maximum atomic E-state index is 5.73. The van der Waals surface area contributed by atoms with Crippen LogP contribution in [0.2, 0.25) is 0 Å². The van der Waals surface area contributed by atoms with Crippen molar-refractivity contribution in [3.63, 3.8) is 0 Å². The average Bonchev–Trinajstić information content (AvgIpc) is 2.53. The number of hydrogen-bond donors (Lipinski definition) is 0. The van der Waals surface area contributed by atoms with E-state index in [4.69, 9.17) is 9.47 Å². The van der Waals surface area contributed by atoms with Gasteiger partial charge in [0.05, 0.1) is 0 Å². The van der Waals surface area contributed by atoms with Crippen molar-refractivity contribution in [2.75, 3.05) is 26.9 Å². The highest BCUT2D eigenvalue weighted by Gasteiger charge is 2.29. The summed E-state index contributed by atoms with van der Waals surface area (Å²) < 4.78 is 10.8. The lowest BCUT2D eigenvalue weighted by molar-refractivity contribution is 0.0899. The molecule has 0 aliphatic heterocycles. The third-order valence-electron chi connectivity index (χ3n) is 4.43. The Kier molecular flexibility index (Phi) is 7.76. The largest absolute Gasteiger partial charge is 0.385 e. The fourth-order valence-corrected chi connectivity index (χ4v) is 3.94. The number of methoxy groups -OCH3 is 1. The maximum Gasteiger partial charge on any atom is 0.0487 e. The summed E-state index contributed by atoms with van der Waals surface area (Å²) in [5.74, 6) is 1.45. The van der Waals surface area contributed by atoms with Gasteiger partial charge in [0.2, 0.25) is 0 Å². The van der Waals surface area contributed by atoms with E-state index in [1.54, 1.807) is 7.11 Å². The quantitative estimate of drug-likeness (QED) is 0.494. The number of rotatable bonds is 8. The van der Waals surface area contributed by atoms with Crippen molar-refractivity contribution in [1.82, 2.24) is 0 Å². The predicted octanol–water partition coefficient (Wildman–Crippen LogP) is 4.78. The van der Waals surface area contributed by atoms with Crippen LogP contribution in [0.1, 0.15) is 43.6 Å². The molecule has 2 rings (SSSR count). The Morgan fingerprint density at radius 1 is 1.10 bits per heavy atom. The lowest BCUT2D eigenvalue weighted by atomic mass is 9.77. The van der Waals surface area contributed by atoms with E-state index >= 15 is 0 Å². The Balaban J connectivity index is 1.74. The number of ether oxygens (including phenoxy) is 2. The first kappa shape index (κ1) is 17.0. The molecule has 21 heavy (non-hydrogen) atoms. The minimum Gasteiger partial charge on any atom is -0.385 e. The fourth-order valence-electron chi connectivity index (χ4n) is 3.20. The minimum atomic E-state index is 0.653. The molecule has 2 nitrogen and oxygen atoms in total. The molecule has 0 saturated heterocycles. The molecule has 0 spiro atoms. The third kappa shape index (κ3) is 5.72. The van der Waals surface area contributed by atoms with Crippen molar-refractivity contribution in [3.8, 4) is 0 Å². The van der Waals surface area contributed by atoms with Crippen LogP contribution < -0.4 is 0 Å². The van der Waals surface area contributed by atoms with Crippen LogP contribution >= 0.6 is 15.9 Å². The van der Waals surface area contributed by atoms with Crippen LogP contribution in [-0.4, -0.2) is 31.8 Å². The van der Waals surface area contributed by atoms with Gasteiger partial charge in [-0.15, -0.1) is 0 Å². The smallest absolute Gasteiger partial charge is 0.0487 e. The van der Waals surface area contributed by atoms with Crippen molar-refractivity contribution < 1.29 is 9.47 Å². The summed E-state index contributed by atoms with van der Waals surface area (Å²) in [4.78, 5) is 0.653. The summed E-state index contributed by atoms with van der Waals surface area (Å²) in [6.07, 6.45) is 6.00. The SMILES string of the molecule is COCCCOCCC1CC(c2ccccc2)CCC1Br. The second-order valence-electron chi connectivity index (χ2n) is 5.94. The van der Waals surface area contributed by atoms with E-state index in [0.29, 0.717) is 4.83 Å². The van der Waals surface area contributed by atoms with E-state index in [1.807, 2.05) is 0 Å². The van der Waals surface area contributed by atoms with E-state index in [2.05, 4.69) is 46.3 Å². The highest BCUT2D eigenvalue weighted by molar-refractivity contribution is 9.09. The first-order valence-electron chi connectivity index (χ1n) is 8.07. The zero-order valence-corrected chi connectivity index (χ0v) is 14.6. The van der Waals surface area contributed by atoms with Gasteiger partial charge < -0.3 is 9.47 Å². The van der Waals surface area contributed by atoms with Gasteiger partial charge >= 0.3 is 0 Å². The highest BCUT2D eigenvalue weighted by Crippen LogP contribution is 2.40. The Morgan fingerprint density at radius 3 is 2.67 bits per heavy atom. The van der Waals surface area contributed by atoms with Gasteiger partial charge in [-0.3, -0.25) is 0 Å². The zero-order valence-electron chi connectivity index (χ0n) is 13.0. The molecule has 0 radical (unpaired) electrons. The molecule has 0 bridgehead atoms. The molecule has 1 saturated carbocycles. The molecule has 0 amide bonds. The van der Waals surface area contributed by atoms with Gasteiger partial charge in [0.25, 0.3) is 0 Å². The molecule has 0 heterocycles. The topological polar surface area (TPSA) is 18.5 Å². The van der Waals surface area contributed by atoms with Crippen LogP contribution in [0.15, 0.2) is 30.3 Å². The van der Waals surface area contributed by atoms with Crippen LogP contribution in [-0.2, 0) is 9.47 Å². The van der Waals surface area contributed by atoms with E-state index in [9.17, 15) is 0 Å². The monoisotopic (exact) mass is 354 g/mol. The van der Waals surface area contributed by atoms with Gasteiger partial charge in [-0.2, -0.15) is 0 Å². The molecule has 1 aromatic rings. The summed E-state index contributed by atoms with van der Waals surface area (Å²) in [6, 6.07) is 11.0. The molecule has 118 valence electrons. The minimum absolute atomic E-state index is 0.653. The van der Waals surface area contributed by atoms with Crippen LogP contribution in [0, 0.1) is 5.92 Å². The molecule has 0 aromatic heterocycles. The molecular weight excluding hydrogens is 328 g/mol. The second-order valence-corrected chi connectivity index (χ2v) is 7.12. The van der Waals surface area contributed by atoms with Crippen molar-refractivity contribution >= 4 is 15.9 Å². The fraction of sp³-hybridized carbons (Fsp3) is 0.667. The van der Waals surface area contributed by atoms with Crippen LogP contribution in [0.5, 0.6) is 0 Å². The van der Waals surface area contributed by atoms with Gasteiger partial charge in [0.1, 0.15) is 0 Å². The lowest BCUT2D eigenvalue weighted by Gasteiger charge is -2.33. The standard InChI is InChI=1S/C18H27BrO2/c1-20-11-5-12-21-13-10-17-14-16(8-9-18(17)19)15-6-3-2-4-7-15/h2-4,6-7,16-18H,5,8-14H2,1H3. The van der Waals surface area contributed by atoms with Crippen LogP contribution in [0.25, 0.3) is 0 Å². The summed E-state index contributed by atoms with van der Waals surface area (Å²) in [7, 11) is 1.74. The molecule has 1 aliphatic rings. The average molecular weight is 355 g/mol. The van der Waals surface area contributed by atoms with Crippen LogP contribution in [0.3, 0.4) is 0 Å². The molecule has 3 heteroatoms. The van der Waals surface area contributed by atoms with Crippen molar-refractivity contribution in [2.24, 2.45) is 5.92 Å². The summed E-state index contributed by atoms with van der Waals surface area (Å²) >= 11 is 3.87. The van der Waals surface area contributed by atoms with E-state index < -0.39 is 0 Å². The third-order valence-corrected chi connectivity index (χ3v) is 5.64. The Labute approximate surface area is 137 Å². The number of benzene rings is 1. The molecule has 3 unspecified atom stereocenters. The maximum absolute atomic E-state index is 5.73. The Hall–Kier alpha value is -0.380. The second kappa shape index (κ2) is 9.60. The zero-order chi connectivity index (χ0) is 14.9. The molecule has 1 aliphatic carbocycles. The molecule has 1 fully saturated rings. The van der Waals surface area contributed by atoms with E-state index in [-0.39, 0.29) is 0 Å². The van der Waals surface area contributed by atoms with Crippen molar-refractivity contribution in [1.29, 1.82) is 0 Å². The molecular formula is C18H27BrO2. The van der Waals surface area contributed by atoms with Gasteiger partial charge in [0, 0.05) is 31.8 Å². The first-order valence-corrected chi connectivity index (χ1v) is 8.98. The van der Waals surface area contributed by atoms with Crippen LogP contribution in [0.4, 0.5) is 0 Å². The normalized spacial score (nSPS) is 25.9. The summed E-state index contributed by atoms with van der Waals surface area (Å²) in [5, 5.41) is 0. The van der Waals surface area contributed by atoms with Gasteiger partial charge in [-0.1, -0.05) is 46.3 Å². The van der Waals surface area contributed by atoms with Gasteiger partial charge in [-0.05, 0) is 49.5 Å². The molecule has 3 atom stereocenters. The van der Waals surface area contributed by atoms with Gasteiger partial charge in [-0.25, -0.2) is 0 Å². The predicted molar refractivity (Wildman–Crippen MR) is 91.2 cm³/mol. The Morgan fingerprint density at radius 2 is 1.90 bits per heavy atom. The Bertz CT molecular complexity index is 382. The van der Waals surface area contributed by atoms with E-state index in [1.165, 1.54) is 24.8 Å². The number of hydrogen-bond acceptors (Lipinski definition) is 2. The lowest BCUT2D eigenvalue weighted by Crippen LogP contribution is -2.25. The summed E-state index contributed by atoms with van der Waals surface area (Å²) in [6.45, 7) is 2.48. The molecule has 1 aromatic carbocycles. The highest BCUT2D eigenvalue weighted by atomic mass is 79.9. The first-order chi connectivity index (χ1) is 10.3. The number of halogens is 1. The van der Waals surface area contributed by atoms with E-state index in [0.717, 1.165) is 44.5 Å². The van der Waals surface area contributed by atoms with Crippen molar-refractivity contribution in [3.05, 3.63) is 35.9 Å². The molecule has 0 N–H and O–H groups in total. The van der Waals surface area contributed by atoms with Gasteiger partial charge in [0.15, 0.2) is 0 Å². The number of alkyl halides is 1. The van der Waals surface area contributed by atoms with Crippen molar-refractivity contribution in [2.45, 2.75) is 42.8 Å². The summed E-state index contributed by atoms with van der Waals surface area (Å²) in [5.41, 5.74) is 1.50.